The summed E-state index contributed by atoms with van der Waals surface area (Å²) in [5.41, 5.74) is 2.17. The number of methoxy groups -OCH3 is 2. The average Bonchev–Trinajstić information content (AvgIpc) is 3.98. The van der Waals surface area contributed by atoms with Crippen molar-refractivity contribution in [2.24, 2.45) is 29.6 Å². The molecule has 76 heavy (non-hydrogen) atoms. The van der Waals surface area contributed by atoms with Crippen LogP contribution in [0.1, 0.15) is 143 Å². The zero-order valence-corrected chi connectivity index (χ0v) is 47.2. The van der Waals surface area contributed by atoms with Crippen LogP contribution in [0.4, 0.5) is 4.79 Å². The summed E-state index contributed by atoms with van der Waals surface area (Å²) in [6.45, 7) is 17.2. The summed E-state index contributed by atoms with van der Waals surface area (Å²) in [6.07, 6.45) is 1.76. The lowest BCUT2D eigenvalue weighted by Gasteiger charge is -2.41. The highest BCUT2D eigenvalue weighted by molar-refractivity contribution is 6.03. The minimum absolute atomic E-state index is 0.0575. The van der Waals surface area contributed by atoms with Gasteiger partial charge >= 0.3 is 6.09 Å². The fourth-order valence-electron chi connectivity index (χ4n) is 10.4. The van der Waals surface area contributed by atoms with Gasteiger partial charge in [0.15, 0.2) is 0 Å². The number of hydrogen-bond acceptors (Lipinski definition) is 12. The maximum Gasteiger partial charge on any atom is 0.408 e. The Kier molecular flexibility index (Phi) is 25.0. The molecule has 2 heterocycles. The molecule has 4 N–H and O–H groups in total. The Labute approximate surface area is 451 Å². The molecule has 0 spiro atoms. The number of likely N-dealkylation sites (N-methyl/N-ethyl adjacent to an activating group) is 1. The van der Waals surface area contributed by atoms with E-state index in [1.165, 1.54) is 19.1 Å². The third kappa shape index (κ3) is 17.4. The first-order valence-corrected chi connectivity index (χ1v) is 27.4. The highest BCUT2D eigenvalue weighted by atomic mass is 16.5. The number of Topliss-reactive ketones (excluding diaryl/α,β-unsaturated/α-hetero) is 1. The molecule has 1 unspecified atom stereocenters. The van der Waals surface area contributed by atoms with Gasteiger partial charge in [0, 0.05) is 59.5 Å². The Bertz CT molecular complexity index is 2240. The van der Waals surface area contributed by atoms with E-state index >= 15 is 0 Å². The molecule has 2 fully saturated rings. The topological polar surface area (TPSA) is 230 Å². The fourth-order valence-corrected chi connectivity index (χ4v) is 10.4. The van der Waals surface area contributed by atoms with Crippen LogP contribution in [0.25, 0.3) is 0 Å². The minimum Gasteiger partial charge on any atom is -0.445 e. The molecular formula is C58H88N6O12. The van der Waals surface area contributed by atoms with Gasteiger partial charge in [0.05, 0.1) is 48.8 Å². The van der Waals surface area contributed by atoms with Gasteiger partial charge in [-0.25, -0.2) is 4.79 Å². The number of benzene rings is 2. The number of aliphatic hydroxyl groups excluding tert-OH is 1. The monoisotopic (exact) mass is 1060 g/mol. The molecule has 11 atom stereocenters. The Hall–Kier alpha value is -5.72. The second-order valence-electron chi connectivity index (χ2n) is 21.7. The van der Waals surface area contributed by atoms with Crippen molar-refractivity contribution in [1.82, 2.24) is 30.7 Å². The number of amides is 7. The highest BCUT2D eigenvalue weighted by Crippen LogP contribution is 2.30. The predicted molar refractivity (Wildman–Crippen MR) is 288 cm³/mol. The molecule has 2 aromatic rings. The molecule has 4 rings (SSSR count). The van der Waals surface area contributed by atoms with Crippen LogP contribution in [0.5, 0.6) is 0 Å². The second-order valence-corrected chi connectivity index (χ2v) is 21.7. The summed E-state index contributed by atoms with van der Waals surface area (Å²) < 4.78 is 17.5. The van der Waals surface area contributed by atoms with Crippen LogP contribution in [0, 0.1) is 29.6 Å². The number of ketones is 1. The quantitative estimate of drug-likeness (QED) is 0.0499. The molecule has 0 bridgehead atoms. The van der Waals surface area contributed by atoms with E-state index in [1.54, 1.807) is 87.9 Å². The van der Waals surface area contributed by atoms with Crippen molar-refractivity contribution in [1.29, 1.82) is 0 Å². The van der Waals surface area contributed by atoms with E-state index in [4.69, 9.17) is 14.2 Å². The second kappa shape index (κ2) is 30.3. The summed E-state index contributed by atoms with van der Waals surface area (Å²) in [6, 6.07) is 12.6. The van der Waals surface area contributed by atoms with Crippen LogP contribution in [0.15, 0.2) is 54.6 Å². The van der Waals surface area contributed by atoms with Crippen molar-refractivity contribution in [3.05, 3.63) is 71.3 Å². The lowest BCUT2D eigenvalue weighted by molar-refractivity contribution is -0.148. The molecule has 2 aromatic carbocycles. The molecular weight excluding hydrogens is 973 g/mol. The molecule has 422 valence electrons. The summed E-state index contributed by atoms with van der Waals surface area (Å²) in [7, 11) is 4.70. The standard InChI is InChI=1S/C58H88N6O12/c1-13-37(6)51(46(74-11)33-48(67)63-30-20-24-45(63)53(75-12)39(8)54(69)59-40(9)52(68)43-21-16-14-17-22-43)62(10)57(72)50(36(4)5)60-55(70)49(35(2)3)61-58(73)76-34-42-27-25-41(26-28-42)32-44(65)23-18-15-19-29-64-47(66)31-38(7)56(64)71/h14,16-17,21-22,25-28,35-40,45-46,49-53,68H,13,15,18-20,23-24,29-34H2,1-12H3,(H,59,69)(H,60,70)(H,61,73)/t37-,38?,39+,40+,45-,46+,49-,50-,51-,52+,53+/m0/s1. The summed E-state index contributed by atoms with van der Waals surface area (Å²) in [4.78, 5) is 111. The lowest BCUT2D eigenvalue weighted by atomic mass is 9.89. The van der Waals surface area contributed by atoms with E-state index in [9.17, 15) is 43.5 Å². The Morgan fingerprint density at radius 3 is 2.03 bits per heavy atom. The van der Waals surface area contributed by atoms with Crippen LogP contribution in [0.2, 0.25) is 0 Å². The number of hydrogen-bond donors (Lipinski definition) is 4. The fraction of sp³-hybridized carbons (Fsp3) is 0.655. The van der Waals surface area contributed by atoms with Crippen molar-refractivity contribution in [2.45, 2.75) is 182 Å². The molecule has 2 saturated heterocycles. The van der Waals surface area contributed by atoms with Crippen molar-refractivity contribution in [3.63, 3.8) is 0 Å². The summed E-state index contributed by atoms with van der Waals surface area (Å²) >= 11 is 0. The van der Waals surface area contributed by atoms with Crippen LogP contribution in [0.3, 0.4) is 0 Å². The van der Waals surface area contributed by atoms with E-state index in [0.29, 0.717) is 62.7 Å². The SMILES string of the molecule is CC[C@H](C)[C@@H]([C@@H](CC(=O)N1CCC[C@H]1[C@H](OC)[C@@H](C)C(=O)N[C@H](C)[C@@H](O)c1ccccc1)OC)N(C)C(=O)[C@@H](NC(=O)[C@@H](NC(=O)OCc1ccc(CC(=O)CCCCCN2C(=O)CC(C)C2=O)cc1)C(C)C)C(C)C. The van der Waals surface area contributed by atoms with Gasteiger partial charge in [-0.1, -0.05) is 123 Å². The number of imide groups is 1. The van der Waals surface area contributed by atoms with Crippen LogP contribution >= 0.6 is 0 Å². The molecule has 0 radical (unpaired) electrons. The maximum atomic E-state index is 14.6. The summed E-state index contributed by atoms with van der Waals surface area (Å²) in [5, 5.41) is 19.4. The largest absolute Gasteiger partial charge is 0.445 e. The first-order valence-electron chi connectivity index (χ1n) is 27.4. The number of alkyl carbamates (subject to hydrolysis) is 1. The van der Waals surface area contributed by atoms with E-state index in [0.717, 1.165) is 12.0 Å². The highest BCUT2D eigenvalue weighted by Gasteiger charge is 2.44. The first-order chi connectivity index (χ1) is 36.0. The zero-order valence-electron chi connectivity index (χ0n) is 47.2. The summed E-state index contributed by atoms with van der Waals surface area (Å²) in [5.74, 6) is -3.45. The first kappa shape index (κ1) is 62.8. The van der Waals surface area contributed by atoms with Crippen LogP contribution < -0.4 is 16.0 Å². The molecule has 7 amide bonds. The number of carbonyl (C=O) groups excluding carboxylic acids is 8. The average molecular weight is 1060 g/mol. The van der Waals surface area contributed by atoms with Crippen LogP contribution in [-0.2, 0) is 60.8 Å². The number of rotatable bonds is 30. The number of nitrogens with zero attached hydrogens (tertiary/aromatic N) is 3. The predicted octanol–water partition coefficient (Wildman–Crippen LogP) is 6.30. The third-order valence-electron chi connectivity index (χ3n) is 15.3. The number of nitrogens with one attached hydrogen (secondary N) is 3. The number of aliphatic hydroxyl groups is 1. The van der Waals surface area contributed by atoms with Gasteiger partial charge in [-0.15, -0.1) is 0 Å². The van der Waals surface area contributed by atoms with Gasteiger partial charge in [0.2, 0.25) is 35.4 Å². The molecule has 2 aliphatic rings. The lowest BCUT2D eigenvalue weighted by Crippen LogP contribution is -2.60. The van der Waals surface area contributed by atoms with Gasteiger partial charge in [0.25, 0.3) is 0 Å². The minimum atomic E-state index is -1.05. The van der Waals surface area contributed by atoms with Crippen molar-refractivity contribution >= 4 is 47.3 Å². The van der Waals surface area contributed by atoms with Gasteiger partial charge in [0.1, 0.15) is 24.5 Å². The third-order valence-corrected chi connectivity index (χ3v) is 15.3. The normalized spacial score (nSPS) is 19.3. The molecule has 18 heteroatoms. The van der Waals surface area contributed by atoms with Crippen molar-refractivity contribution < 1.29 is 57.7 Å². The number of unbranched alkanes of at least 4 members (excludes halogenated alkanes) is 2. The Morgan fingerprint density at radius 2 is 1.45 bits per heavy atom. The van der Waals surface area contributed by atoms with Gasteiger partial charge in [-0.05, 0) is 67.1 Å². The molecule has 18 nitrogen and oxygen atoms in total. The van der Waals surface area contributed by atoms with E-state index in [1.807, 2.05) is 45.9 Å². The molecule has 2 aliphatic heterocycles. The number of ether oxygens (including phenoxy) is 3. The van der Waals surface area contributed by atoms with Gasteiger partial charge < -0.3 is 45.1 Å². The molecule has 0 aliphatic carbocycles. The molecule has 0 saturated carbocycles. The smallest absolute Gasteiger partial charge is 0.408 e. The van der Waals surface area contributed by atoms with E-state index in [-0.39, 0.29) is 84.9 Å². The maximum absolute atomic E-state index is 14.6. The number of likely N-dealkylation sites (tertiary alicyclic amines) is 2. The van der Waals surface area contributed by atoms with Gasteiger partial charge in [-0.3, -0.25) is 38.5 Å². The van der Waals surface area contributed by atoms with E-state index in [2.05, 4.69) is 16.0 Å². The Morgan fingerprint density at radius 1 is 0.803 bits per heavy atom. The molecule has 0 aromatic heterocycles. The van der Waals surface area contributed by atoms with Crippen LogP contribution in [-0.4, -0.2) is 144 Å². The van der Waals surface area contributed by atoms with Crippen molar-refractivity contribution in [3.8, 4) is 0 Å². The Balaban J connectivity index is 1.32. The number of carbonyl (C=O) groups is 8. The van der Waals surface area contributed by atoms with E-state index < -0.39 is 66.4 Å². The zero-order chi connectivity index (χ0) is 56.4. The van der Waals surface area contributed by atoms with Gasteiger partial charge in [-0.2, -0.15) is 0 Å². The van der Waals surface area contributed by atoms with Crippen molar-refractivity contribution in [2.75, 3.05) is 34.4 Å².